The molecule has 0 saturated heterocycles. The van der Waals surface area contributed by atoms with Gasteiger partial charge in [-0.3, -0.25) is 9.52 Å². The average Bonchev–Trinajstić information content (AvgIpc) is 3.06. The predicted molar refractivity (Wildman–Crippen MR) is 107 cm³/mol. The molecule has 0 aliphatic carbocycles. The average molecular weight is 399 g/mol. The zero-order valence-corrected chi connectivity index (χ0v) is 16.6. The Morgan fingerprint density at radius 3 is 2.21 bits per heavy atom. The second-order valence-electron chi connectivity index (χ2n) is 6.68. The van der Waals surface area contributed by atoms with Crippen molar-refractivity contribution in [3.8, 4) is 0 Å². The summed E-state index contributed by atoms with van der Waals surface area (Å²) in [5.74, 6) is 0.829. The van der Waals surface area contributed by atoms with Crippen molar-refractivity contribution in [1.82, 2.24) is 5.16 Å². The molecule has 8 heteroatoms. The molecule has 3 aromatic rings. The van der Waals surface area contributed by atoms with Crippen molar-refractivity contribution in [3.63, 3.8) is 0 Å². The predicted octanol–water partition coefficient (Wildman–Crippen LogP) is 4.16. The van der Waals surface area contributed by atoms with Gasteiger partial charge in [0.05, 0.1) is 4.90 Å². The number of amides is 1. The minimum Gasteiger partial charge on any atom is -0.360 e. The van der Waals surface area contributed by atoms with Crippen molar-refractivity contribution in [2.45, 2.75) is 31.6 Å². The summed E-state index contributed by atoms with van der Waals surface area (Å²) in [6.45, 7) is 5.85. The van der Waals surface area contributed by atoms with Crippen molar-refractivity contribution >= 4 is 27.4 Å². The molecule has 1 amide bonds. The minimum absolute atomic E-state index is 0.0641. The summed E-state index contributed by atoms with van der Waals surface area (Å²) < 4.78 is 32.6. The van der Waals surface area contributed by atoms with Crippen molar-refractivity contribution in [2.75, 3.05) is 10.0 Å². The molecule has 2 aromatic carbocycles. The largest absolute Gasteiger partial charge is 0.360 e. The summed E-state index contributed by atoms with van der Waals surface area (Å²) in [7, 11) is -3.75. The van der Waals surface area contributed by atoms with Gasteiger partial charge < -0.3 is 9.84 Å². The second kappa shape index (κ2) is 7.85. The van der Waals surface area contributed by atoms with E-state index in [4.69, 9.17) is 4.52 Å². The summed E-state index contributed by atoms with van der Waals surface area (Å²) in [6.07, 6.45) is 0. The van der Waals surface area contributed by atoms with Crippen LogP contribution in [0.1, 0.15) is 41.4 Å². The molecule has 0 radical (unpaired) electrons. The number of hydrogen-bond acceptors (Lipinski definition) is 5. The standard InChI is InChI=1S/C20H21N3O4S/c1-13(2)15-4-8-17(9-5-15)23-28(25,26)18-10-6-16(7-11-18)20(24)21-19-12-14(3)27-22-19/h4-13,23H,1-3H3,(H,21,22,24). The Balaban J connectivity index is 1.71. The Bertz CT molecular complexity index is 1070. The molecule has 2 N–H and O–H groups in total. The number of nitrogens with one attached hydrogen (secondary N) is 2. The molecule has 0 aliphatic heterocycles. The molecule has 28 heavy (non-hydrogen) atoms. The SMILES string of the molecule is Cc1cc(NC(=O)c2ccc(S(=O)(=O)Nc3ccc(C(C)C)cc3)cc2)no1. The van der Waals surface area contributed by atoms with E-state index in [0.717, 1.165) is 5.56 Å². The van der Waals surface area contributed by atoms with E-state index in [2.05, 4.69) is 29.0 Å². The molecule has 0 unspecified atom stereocenters. The lowest BCUT2D eigenvalue weighted by Crippen LogP contribution is -2.15. The van der Waals surface area contributed by atoms with Crippen LogP contribution in [0.15, 0.2) is 64.0 Å². The maximum atomic E-state index is 12.6. The summed E-state index contributed by atoms with van der Waals surface area (Å²) in [5.41, 5.74) is 1.91. The van der Waals surface area contributed by atoms with Gasteiger partial charge in [-0.25, -0.2) is 8.42 Å². The van der Waals surface area contributed by atoms with Gasteiger partial charge in [0.1, 0.15) is 5.76 Å². The van der Waals surface area contributed by atoms with E-state index < -0.39 is 15.9 Å². The Labute approximate surface area is 163 Å². The molecule has 0 aliphatic rings. The van der Waals surface area contributed by atoms with Crippen LogP contribution < -0.4 is 10.0 Å². The van der Waals surface area contributed by atoms with Gasteiger partial charge >= 0.3 is 0 Å². The van der Waals surface area contributed by atoms with Crippen LogP contribution in [0.5, 0.6) is 0 Å². The fourth-order valence-corrected chi connectivity index (χ4v) is 3.61. The molecule has 0 atom stereocenters. The van der Waals surface area contributed by atoms with Crippen LogP contribution >= 0.6 is 0 Å². The van der Waals surface area contributed by atoms with Crippen molar-refractivity contribution < 1.29 is 17.7 Å². The number of aromatic nitrogens is 1. The van der Waals surface area contributed by atoms with Crippen LogP contribution in [0.3, 0.4) is 0 Å². The first-order valence-corrected chi connectivity index (χ1v) is 10.2. The maximum absolute atomic E-state index is 12.6. The number of carbonyl (C=O) groups excluding carboxylic acids is 1. The van der Waals surface area contributed by atoms with Gasteiger partial charge in [-0.2, -0.15) is 0 Å². The fraction of sp³-hybridized carbons (Fsp3) is 0.200. The summed E-state index contributed by atoms with van der Waals surface area (Å²) in [4.78, 5) is 12.3. The molecular formula is C20H21N3O4S. The van der Waals surface area contributed by atoms with E-state index in [9.17, 15) is 13.2 Å². The Morgan fingerprint density at radius 2 is 1.68 bits per heavy atom. The Hall–Kier alpha value is -3.13. The zero-order chi connectivity index (χ0) is 20.3. The van der Waals surface area contributed by atoms with Crippen LogP contribution in [-0.4, -0.2) is 19.5 Å². The van der Waals surface area contributed by atoms with Crippen molar-refractivity contribution in [1.29, 1.82) is 0 Å². The van der Waals surface area contributed by atoms with Crippen LogP contribution in [0, 0.1) is 6.92 Å². The van der Waals surface area contributed by atoms with E-state index >= 15 is 0 Å². The van der Waals surface area contributed by atoms with Gasteiger partial charge in [0.2, 0.25) is 0 Å². The molecular weight excluding hydrogens is 378 g/mol. The highest BCUT2D eigenvalue weighted by Crippen LogP contribution is 2.20. The molecule has 3 rings (SSSR count). The van der Waals surface area contributed by atoms with E-state index in [1.165, 1.54) is 24.3 Å². The lowest BCUT2D eigenvalue weighted by atomic mass is 10.0. The third-order valence-corrected chi connectivity index (χ3v) is 5.52. The van der Waals surface area contributed by atoms with Crippen LogP contribution in [-0.2, 0) is 10.0 Å². The van der Waals surface area contributed by atoms with Gasteiger partial charge in [-0.15, -0.1) is 0 Å². The molecule has 7 nitrogen and oxygen atoms in total. The van der Waals surface area contributed by atoms with Crippen molar-refractivity contribution in [3.05, 3.63) is 71.5 Å². The molecule has 1 heterocycles. The highest BCUT2D eigenvalue weighted by Gasteiger charge is 2.16. The normalized spacial score (nSPS) is 11.4. The number of sulfonamides is 1. The molecule has 0 fully saturated rings. The molecule has 0 bridgehead atoms. The molecule has 0 spiro atoms. The minimum atomic E-state index is -3.75. The van der Waals surface area contributed by atoms with Gasteiger partial charge in [-0.05, 0) is 54.8 Å². The Morgan fingerprint density at radius 1 is 1.04 bits per heavy atom. The number of carbonyl (C=O) groups is 1. The number of anilines is 2. The quantitative estimate of drug-likeness (QED) is 0.648. The summed E-state index contributed by atoms with van der Waals surface area (Å²) in [6, 6.07) is 14.5. The number of nitrogens with zero attached hydrogens (tertiary/aromatic N) is 1. The first-order valence-electron chi connectivity index (χ1n) is 8.72. The van der Waals surface area contributed by atoms with Crippen LogP contribution in [0.4, 0.5) is 11.5 Å². The second-order valence-corrected chi connectivity index (χ2v) is 8.37. The van der Waals surface area contributed by atoms with Gasteiger partial charge in [0, 0.05) is 17.3 Å². The first-order chi connectivity index (χ1) is 13.2. The van der Waals surface area contributed by atoms with E-state index in [1.54, 1.807) is 25.1 Å². The molecule has 0 saturated carbocycles. The topological polar surface area (TPSA) is 101 Å². The van der Waals surface area contributed by atoms with Crippen LogP contribution in [0.25, 0.3) is 0 Å². The summed E-state index contributed by atoms with van der Waals surface area (Å²) >= 11 is 0. The third kappa shape index (κ3) is 4.58. The maximum Gasteiger partial charge on any atom is 0.261 e. The number of aryl methyl sites for hydroxylation is 1. The number of rotatable bonds is 6. The van der Waals surface area contributed by atoms with Crippen LogP contribution in [0.2, 0.25) is 0 Å². The zero-order valence-electron chi connectivity index (χ0n) is 15.8. The fourth-order valence-electron chi connectivity index (χ4n) is 2.55. The summed E-state index contributed by atoms with van der Waals surface area (Å²) in [5, 5.41) is 6.27. The van der Waals surface area contributed by atoms with E-state index in [1.807, 2.05) is 12.1 Å². The van der Waals surface area contributed by atoms with Crippen molar-refractivity contribution in [2.24, 2.45) is 0 Å². The molecule has 1 aromatic heterocycles. The van der Waals surface area contributed by atoms with Gasteiger partial charge in [0.25, 0.3) is 15.9 Å². The van der Waals surface area contributed by atoms with Gasteiger partial charge in [0.15, 0.2) is 5.82 Å². The lowest BCUT2D eigenvalue weighted by molar-refractivity contribution is 0.102. The smallest absolute Gasteiger partial charge is 0.261 e. The van der Waals surface area contributed by atoms with Gasteiger partial charge in [-0.1, -0.05) is 31.1 Å². The van der Waals surface area contributed by atoms with E-state index in [0.29, 0.717) is 28.7 Å². The molecule has 146 valence electrons. The monoisotopic (exact) mass is 399 g/mol. The third-order valence-electron chi connectivity index (χ3n) is 4.13. The lowest BCUT2D eigenvalue weighted by Gasteiger charge is -2.10. The Kier molecular flexibility index (Phi) is 5.51. The highest BCUT2D eigenvalue weighted by molar-refractivity contribution is 7.92. The van der Waals surface area contributed by atoms with E-state index in [-0.39, 0.29) is 4.90 Å². The first kappa shape index (κ1) is 19.6. The number of hydrogen-bond donors (Lipinski definition) is 2. The highest BCUT2D eigenvalue weighted by atomic mass is 32.2. The number of benzene rings is 2.